The molecule has 3 aromatic rings. The number of hydrogen-bond acceptors (Lipinski definition) is 5. The number of benzene rings is 1. The van der Waals surface area contributed by atoms with Gasteiger partial charge in [-0.3, -0.25) is 0 Å². The summed E-state index contributed by atoms with van der Waals surface area (Å²) in [7, 11) is 2.02. The van der Waals surface area contributed by atoms with Crippen LogP contribution in [0.3, 0.4) is 0 Å². The molecule has 3 N–H and O–H groups in total. The molecule has 0 saturated heterocycles. The lowest BCUT2D eigenvalue weighted by Crippen LogP contribution is -2.36. The van der Waals surface area contributed by atoms with Crippen molar-refractivity contribution < 1.29 is 10.2 Å². The number of fused-ring (bicyclic) bond motifs is 3. The maximum absolute atomic E-state index is 10.4. The second kappa shape index (κ2) is 10.2. The van der Waals surface area contributed by atoms with Crippen LogP contribution in [0.4, 0.5) is 5.82 Å². The summed E-state index contributed by atoms with van der Waals surface area (Å²) in [5.41, 5.74) is 3.20. The molecule has 0 radical (unpaired) electrons. The van der Waals surface area contributed by atoms with Crippen LogP contribution in [0.1, 0.15) is 19.4 Å². The number of nitrogens with one attached hydrogen (secondary N) is 1. The molecule has 0 aliphatic rings. The molecule has 8 heteroatoms. The highest BCUT2D eigenvalue weighted by Crippen LogP contribution is 2.35. The Morgan fingerprint density at radius 1 is 1.21 bits per heavy atom. The molecule has 0 aliphatic carbocycles. The molecule has 0 saturated carbocycles. The Hall–Kier alpha value is -1.73. The lowest BCUT2D eigenvalue weighted by atomic mass is 10.1. The summed E-state index contributed by atoms with van der Waals surface area (Å²) in [4.78, 5) is 6.76. The first kappa shape index (κ1) is 24.3. The number of likely N-dealkylation sites (N-methyl/N-ethyl adjacent to an activating group) is 1. The summed E-state index contributed by atoms with van der Waals surface area (Å²) >= 11 is 0. The molecule has 0 aliphatic heterocycles. The van der Waals surface area contributed by atoms with Crippen molar-refractivity contribution in [3.63, 3.8) is 0 Å². The zero-order chi connectivity index (χ0) is 18.8. The van der Waals surface area contributed by atoms with Crippen LogP contribution in [-0.4, -0.2) is 56.9 Å². The fraction of sp³-hybridized carbons (Fsp3) is 0.450. The molecule has 1 aromatic carbocycles. The van der Waals surface area contributed by atoms with E-state index in [0.717, 1.165) is 46.3 Å². The average molecular weight is 429 g/mol. The third-order valence-electron chi connectivity index (χ3n) is 5.05. The third kappa shape index (κ3) is 4.63. The molecular formula is C20H30Cl2N4O2. The highest BCUT2D eigenvalue weighted by atomic mass is 35.5. The molecule has 2 heterocycles. The molecule has 0 spiro atoms. The Morgan fingerprint density at radius 2 is 1.89 bits per heavy atom. The van der Waals surface area contributed by atoms with Gasteiger partial charge < -0.3 is 25.0 Å². The maximum atomic E-state index is 10.4. The van der Waals surface area contributed by atoms with E-state index in [2.05, 4.69) is 33.6 Å². The normalized spacial score (nSPS) is 12.1. The minimum absolute atomic E-state index is 0. The van der Waals surface area contributed by atoms with E-state index in [-0.39, 0.29) is 30.6 Å². The number of aromatic hydroxyl groups is 1. The van der Waals surface area contributed by atoms with Gasteiger partial charge in [0.25, 0.3) is 0 Å². The lowest BCUT2D eigenvalue weighted by molar-refractivity contribution is 0.128. The number of phenolic OH excluding ortho intramolecular Hbond substituents is 1. The van der Waals surface area contributed by atoms with Crippen LogP contribution >= 0.6 is 24.8 Å². The molecular weight excluding hydrogens is 399 g/mol. The SMILES string of the molecule is CCN(CC)CC(O)CNc1ncc(C)c2c1c1cc(O)ccc1n2C.Cl.Cl. The smallest absolute Gasteiger partial charge is 0.136 e. The van der Waals surface area contributed by atoms with E-state index in [1.54, 1.807) is 12.1 Å². The van der Waals surface area contributed by atoms with Gasteiger partial charge >= 0.3 is 0 Å². The first-order chi connectivity index (χ1) is 12.5. The van der Waals surface area contributed by atoms with Gasteiger partial charge in [0.15, 0.2) is 0 Å². The van der Waals surface area contributed by atoms with E-state index in [4.69, 9.17) is 0 Å². The van der Waals surface area contributed by atoms with Crippen molar-refractivity contribution in [2.45, 2.75) is 26.9 Å². The van der Waals surface area contributed by atoms with Gasteiger partial charge in [0.05, 0.1) is 17.0 Å². The van der Waals surface area contributed by atoms with Crippen molar-refractivity contribution in [3.8, 4) is 5.75 Å². The summed E-state index contributed by atoms with van der Waals surface area (Å²) in [6.45, 7) is 9.12. The number of pyridine rings is 1. The van der Waals surface area contributed by atoms with E-state index >= 15 is 0 Å². The van der Waals surface area contributed by atoms with Crippen molar-refractivity contribution in [1.29, 1.82) is 0 Å². The van der Waals surface area contributed by atoms with Gasteiger partial charge in [-0.1, -0.05) is 13.8 Å². The van der Waals surface area contributed by atoms with Gasteiger partial charge in [-0.05, 0) is 43.8 Å². The fourth-order valence-corrected chi connectivity index (χ4v) is 3.61. The van der Waals surface area contributed by atoms with Gasteiger partial charge in [-0.2, -0.15) is 0 Å². The maximum Gasteiger partial charge on any atom is 0.136 e. The Labute approximate surface area is 178 Å². The Morgan fingerprint density at radius 3 is 2.54 bits per heavy atom. The highest BCUT2D eigenvalue weighted by molar-refractivity contribution is 6.14. The Bertz CT molecular complexity index is 926. The number of rotatable bonds is 7. The molecule has 0 amide bonds. The monoisotopic (exact) mass is 428 g/mol. The minimum atomic E-state index is -0.476. The van der Waals surface area contributed by atoms with E-state index in [9.17, 15) is 10.2 Å². The largest absolute Gasteiger partial charge is 0.508 e. The number of aryl methyl sites for hydroxylation is 2. The minimum Gasteiger partial charge on any atom is -0.508 e. The first-order valence-corrected chi connectivity index (χ1v) is 9.17. The molecule has 2 aromatic heterocycles. The van der Waals surface area contributed by atoms with E-state index in [1.807, 2.05) is 26.2 Å². The van der Waals surface area contributed by atoms with Crippen molar-refractivity contribution >= 4 is 52.4 Å². The number of aliphatic hydroxyl groups is 1. The van der Waals surface area contributed by atoms with Crippen LogP contribution in [-0.2, 0) is 7.05 Å². The number of halogens is 2. The zero-order valence-corrected chi connectivity index (χ0v) is 18.4. The average Bonchev–Trinajstić information content (AvgIpc) is 2.92. The van der Waals surface area contributed by atoms with Crippen LogP contribution in [0.2, 0.25) is 0 Å². The molecule has 1 unspecified atom stereocenters. The van der Waals surface area contributed by atoms with Gasteiger partial charge in [-0.25, -0.2) is 4.98 Å². The summed E-state index contributed by atoms with van der Waals surface area (Å²) < 4.78 is 2.12. The van der Waals surface area contributed by atoms with Crippen LogP contribution < -0.4 is 5.32 Å². The quantitative estimate of drug-likeness (QED) is 0.534. The predicted octanol–water partition coefficient (Wildman–Crippen LogP) is 3.70. The highest BCUT2D eigenvalue weighted by Gasteiger charge is 2.17. The van der Waals surface area contributed by atoms with Crippen LogP contribution in [0.25, 0.3) is 21.8 Å². The fourth-order valence-electron chi connectivity index (χ4n) is 3.61. The van der Waals surface area contributed by atoms with Crippen molar-refractivity contribution in [1.82, 2.24) is 14.5 Å². The van der Waals surface area contributed by atoms with E-state index in [0.29, 0.717) is 13.1 Å². The van der Waals surface area contributed by atoms with Gasteiger partial charge in [-0.15, -0.1) is 24.8 Å². The Balaban J connectivity index is 0.00000196. The van der Waals surface area contributed by atoms with Gasteiger partial charge in [0.2, 0.25) is 0 Å². The molecule has 0 fully saturated rings. The second-order valence-corrected chi connectivity index (χ2v) is 6.79. The lowest BCUT2D eigenvalue weighted by Gasteiger charge is -2.22. The van der Waals surface area contributed by atoms with E-state index < -0.39 is 6.10 Å². The van der Waals surface area contributed by atoms with Crippen molar-refractivity contribution in [2.24, 2.45) is 7.05 Å². The second-order valence-electron chi connectivity index (χ2n) is 6.79. The molecule has 1 atom stereocenters. The molecule has 0 bridgehead atoms. The number of phenols is 1. The number of nitrogens with zero attached hydrogens (tertiary/aromatic N) is 3. The number of aliphatic hydroxyl groups excluding tert-OH is 1. The summed E-state index contributed by atoms with van der Waals surface area (Å²) in [5.74, 6) is 0.972. The van der Waals surface area contributed by atoms with Crippen molar-refractivity contribution in [2.75, 3.05) is 31.5 Å². The molecule has 3 rings (SSSR count). The van der Waals surface area contributed by atoms with Gasteiger partial charge in [0.1, 0.15) is 11.6 Å². The molecule has 156 valence electrons. The van der Waals surface area contributed by atoms with Crippen LogP contribution in [0.15, 0.2) is 24.4 Å². The van der Waals surface area contributed by atoms with Crippen LogP contribution in [0, 0.1) is 6.92 Å². The summed E-state index contributed by atoms with van der Waals surface area (Å²) in [5, 5.41) is 25.5. The molecule has 6 nitrogen and oxygen atoms in total. The number of anilines is 1. The number of aromatic nitrogens is 2. The summed E-state index contributed by atoms with van der Waals surface area (Å²) in [6.07, 6.45) is 1.37. The first-order valence-electron chi connectivity index (χ1n) is 9.17. The van der Waals surface area contributed by atoms with E-state index in [1.165, 1.54) is 0 Å². The topological polar surface area (TPSA) is 73.6 Å². The van der Waals surface area contributed by atoms with Crippen LogP contribution in [0.5, 0.6) is 5.75 Å². The van der Waals surface area contributed by atoms with Gasteiger partial charge in [0, 0.05) is 37.2 Å². The summed E-state index contributed by atoms with van der Waals surface area (Å²) in [6, 6.07) is 5.39. The number of hydrogen-bond donors (Lipinski definition) is 3. The Kier molecular flexibility index (Phi) is 8.82. The zero-order valence-electron chi connectivity index (χ0n) is 16.8. The predicted molar refractivity (Wildman–Crippen MR) is 121 cm³/mol. The standard InChI is InChI=1S/C20H28N4O2.2ClH/c1-5-24(6-2)12-15(26)11-22-20-18-16-9-14(25)7-8-17(16)23(4)19(18)13(3)10-21-20;;/h7-10,15,25-26H,5-6,11-12H2,1-4H3,(H,21,22);2*1H. The van der Waals surface area contributed by atoms with Crippen molar-refractivity contribution in [3.05, 3.63) is 30.0 Å². The molecule has 28 heavy (non-hydrogen) atoms. The third-order valence-corrected chi connectivity index (χ3v) is 5.05.